The van der Waals surface area contributed by atoms with Gasteiger partial charge in [-0.2, -0.15) is 0 Å². The molecule has 0 bridgehead atoms. The zero-order valence-corrected chi connectivity index (χ0v) is 15.6. The van der Waals surface area contributed by atoms with Crippen LogP contribution in [0.2, 0.25) is 0 Å². The average Bonchev–Trinajstić information content (AvgIpc) is 3.07. The molecule has 0 aliphatic heterocycles. The first-order valence-electron chi connectivity index (χ1n) is 8.67. The van der Waals surface area contributed by atoms with E-state index in [-0.39, 0.29) is 5.41 Å². The van der Waals surface area contributed by atoms with Gasteiger partial charge < -0.3 is 20.4 Å². The number of guanidine groups is 1. The smallest absolute Gasteiger partial charge is 0.213 e. The highest BCUT2D eigenvalue weighted by Gasteiger charge is 2.19. The number of aromatic nitrogens is 1. The van der Waals surface area contributed by atoms with Gasteiger partial charge in [-0.05, 0) is 18.6 Å². The van der Waals surface area contributed by atoms with Crippen molar-refractivity contribution < 1.29 is 4.42 Å². The van der Waals surface area contributed by atoms with Crippen molar-refractivity contribution in [1.29, 1.82) is 0 Å². The molecule has 0 unspecified atom stereocenters. The molecule has 0 radical (unpaired) electrons. The average molecular weight is 343 g/mol. The van der Waals surface area contributed by atoms with E-state index >= 15 is 0 Å². The molecule has 25 heavy (non-hydrogen) atoms. The van der Waals surface area contributed by atoms with E-state index in [9.17, 15) is 0 Å². The molecule has 6 heteroatoms. The van der Waals surface area contributed by atoms with E-state index in [4.69, 9.17) is 4.42 Å². The molecule has 0 fully saturated rings. The van der Waals surface area contributed by atoms with Gasteiger partial charge in [0, 0.05) is 31.2 Å². The predicted molar refractivity (Wildman–Crippen MR) is 103 cm³/mol. The summed E-state index contributed by atoms with van der Waals surface area (Å²) >= 11 is 0. The SMILES string of the molecule is CN=C(NCCCNc1ccccc1)NCc1ncc(C(C)(C)C)o1. The number of hydrogen-bond donors (Lipinski definition) is 3. The highest BCUT2D eigenvalue weighted by molar-refractivity contribution is 5.79. The lowest BCUT2D eigenvalue weighted by atomic mass is 9.94. The first kappa shape index (κ1) is 18.8. The summed E-state index contributed by atoms with van der Waals surface area (Å²) < 4.78 is 5.77. The minimum absolute atomic E-state index is 0.0308. The normalized spacial score (nSPS) is 12.1. The summed E-state index contributed by atoms with van der Waals surface area (Å²) in [5.41, 5.74) is 1.11. The summed E-state index contributed by atoms with van der Waals surface area (Å²) in [4.78, 5) is 8.53. The maximum Gasteiger partial charge on any atom is 0.213 e. The lowest BCUT2D eigenvalue weighted by molar-refractivity contribution is 0.379. The van der Waals surface area contributed by atoms with Gasteiger partial charge in [0.1, 0.15) is 5.76 Å². The molecular formula is C19H29N5O. The summed E-state index contributed by atoms with van der Waals surface area (Å²) in [5, 5.41) is 9.90. The van der Waals surface area contributed by atoms with E-state index in [0.29, 0.717) is 12.4 Å². The molecule has 3 N–H and O–H groups in total. The van der Waals surface area contributed by atoms with E-state index in [1.807, 2.05) is 18.2 Å². The van der Waals surface area contributed by atoms with Gasteiger partial charge in [0.05, 0.1) is 12.7 Å². The van der Waals surface area contributed by atoms with Crippen molar-refractivity contribution in [1.82, 2.24) is 15.6 Å². The largest absolute Gasteiger partial charge is 0.443 e. The highest BCUT2D eigenvalue weighted by atomic mass is 16.4. The zero-order chi connectivity index (χ0) is 18.1. The molecule has 1 heterocycles. The summed E-state index contributed by atoms with van der Waals surface area (Å²) in [6.07, 6.45) is 2.78. The third kappa shape index (κ3) is 6.49. The maximum atomic E-state index is 5.77. The lowest BCUT2D eigenvalue weighted by Gasteiger charge is -2.13. The Hall–Kier alpha value is -2.50. The standard InChI is InChI=1S/C19H29N5O/c1-19(2,3)16-13-23-17(25-16)14-24-18(20-4)22-12-8-11-21-15-9-6-5-7-10-15/h5-7,9-10,13,21H,8,11-12,14H2,1-4H3,(H2,20,22,24). The van der Waals surface area contributed by atoms with Gasteiger partial charge in [0.25, 0.3) is 0 Å². The second-order valence-electron chi connectivity index (χ2n) is 6.87. The molecule has 0 atom stereocenters. The molecular weight excluding hydrogens is 314 g/mol. The molecule has 0 saturated heterocycles. The number of para-hydroxylation sites is 1. The topological polar surface area (TPSA) is 74.5 Å². The highest BCUT2D eigenvalue weighted by Crippen LogP contribution is 2.22. The van der Waals surface area contributed by atoms with Crippen molar-refractivity contribution >= 4 is 11.6 Å². The quantitative estimate of drug-likeness (QED) is 0.409. The van der Waals surface area contributed by atoms with Crippen molar-refractivity contribution in [2.45, 2.75) is 39.2 Å². The maximum absolute atomic E-state index is 5.77. The minimum atomic E-state index is -0.0308. The van der Waals surface area contributed by atoms with Crippen LogP contribution in [0.4, 0.5) is 5.69 Å². The Bertz CT molecular complexity index is 658. The molecule has 0 saturated carbocycles. The van der Waals surface area contributed by atoms with Crippen molar-refractivity contribution in [3.05, 3.63) is 48.2 Å². The van der Waals surface area contributed by atoms with Crippen molar-refractivity contribution in [3.8, 4) is 0 Å². The van der Waals surface area contributed by atoms with E-state index in [1.54, 1.807) is 13.2 Å². The molecule has 0 aliphatic rings. The molecule has 6 nitrogen and oxygen atoms in total. The van der Waals surface area contributed by atoms with E-state index in [2.05, 4.69) is 58.8 Å². The van der Waals surface area contributed by atoms with Crippen molar-refractivity contribution in [2.24, 2.45) is 4.99 Å². The van der Waals surface area contributed by atoms with Crippen LogP contribution >= 0.6 is 0 Å². The first-order valence-corrected chi connectivity index (χ1v) is 8.67. The monoisotopic (exact) mass is 343 g/mol. The van der Waals surface area contributed by atoms with Crippen LogP contribution in [0.25, 0.3) is 0 Å². The van der Waals surface area contributed by atoms with Gasteiger partial charge in [-0.25, -0.2) is 4.98 Å². The van der Waals surface area contributed by atoms with Crippen molar-refractivity contribution in [3.63, 3.8) is 0 Å². The van der Waals surface area contributed by atoms with Crippen LogP contribution in [0.3, 0.4) is 0 Å². The Morgan fingerprint density at radius 3 is 2.52 bits per heavy atom. The number of anilines is 1. The fourth-order valence-corrected chi connectivity index (χ4v) is 2.20. The molecule has 1 aromatic carbocycles. The van der Waals surface area contributed by atoms with Gasteiger partial charge in [-0.15, -0.1) is 0 Å². The van der Waals surface area contributed by atoms with E-state index in [1.165, 1.54) is 0 Å². The number of nitrogens with one attached hydrogen (secondary N) is 3. The van der Waals surface area contributed by atoms with E-state index < -0.39 is 0 Å². The number of aliphatic imine (C=N–C) groups is 1. The molecule has 136 valence electrons. The predicted octanol–water partition coefficient (Wildman–Crippen LogP) is 3.14. The van der Waals surface area contributed by atoms with Crippen LogP contribution in [-0.2, 0) is 12.0 Å². The Morgan fingerprint density at radius 2 is 1.88 bits per heavy atom. The van der Waals surface area contributed by atoms with Crippen LogP contribution < -0.4 is 16.0 Å². The molecule has 2 aromatic rings. The van der Waals surface area contributed by atoms with Gasteiger partial charge in [-0.1, -0.05) is 39.0 Å². The van der Waals surface area contributed by atoms with Crippen molar-refractivity contribution in [2.75, 3.05) is 25.5 Å². The molecule has 0 aliphatic carbocycles. The van der Waals surface area contributed by atoms with E-state index in [0.717, 1.165) is 36.9 Å². The summed E-state index contributed by atoms with van der Waals surface area (Å²) in [6.45, 7) is 8.57. The van der Waals surface area contributed by atoms with Crippen LogP contribution in [0.5, 0.6) is 0 Å². The van der Waals surface area contributed by atoms with Crippen LogP contribution in [0, 0.1) is 0 Å². The second-order valence-corrected chi connectivity index (χ2v) is 6.87. The van der Waals surface area contributed by atoms with Gasteiger partial charge in [0.15, 0.2) is 5.96 Å². The second kappa shape index (κ2) is 9.11. The number of nitrogens with zero attached hydrogens (tertiary/aromatic N) is 2. The third-order valence-electron chi connectivity index (χ3n) is 3.67. The van der Waals surface area contributed by atoms with Crippen LogP contribution in [-0.4, -0.2) is 31.1 Å². The molecule has 0 amide bonds. The third-order valence-corrected chi connectivity index (χ3v) is 3.67. The Labute approximate surface area is 150 Å². The number of benzene rings is 1. The first-order chi connectivity index (χ1) is 12.0. The number of oxazole rings is 1. The molecule has 0 spiro atoms. The lowest BCUT2D eigenvalue weighted by Crippen LogP contribution is -2.37. The van der Waals surface area contributed by atoms with Gasteiger partial charge >= 0.3 is 0 Å². The summed E-state index contributed by atoms with van der Waals surface area (Å²) in [6, 6.07) is 10.2. The Morgan fingerprint density at radius 1 is 1.12 bits per heavy atom. The number of hydrogen-bond acceptors (Lipinski definition) is 4. The minimum Gasteiger partial charge on any atom is -0.443 e. The van der Waals surface area contributed by atoms with Crippen LogP contribution in [0.1, 0.15) is 38.8 Å². The Balaban J connectivity index is 1.66. The number of rotatable bonds is 7. The summed E-state index contributed by atoms with van der Waals surface area (Å²) in [7, 11) is 1.76. The fraction of sp³-hybridized carbons (Fsp3) is 0.474. The molecule has 1 aromatic heterocycles. The van der Waals surface area contributed by atoms with Gasteiger partial charge in [-0.3, -0.25) is 4.99 Å². The fourth-order valence-electron chi connectivity index (χ4n) is 2.20. The summed E-state index contributed by atoms with van der Waals surface area (Å²) in [5.74, 6) is 2.30. The Kier molecular flexibility index (Phi) is 6.86. The molecule has 2 rings (SSSR count). The van der Waals surface area contributed by atoms with Gasteiger partial charge in [0.2, 0.25) is 5.89 Å². The zero-order valence-electron chi connectivity index (χ0n) is 15.6. The van der Waals surface area contributed by atoms with Crippen LogP contribution in [0.15, 0.2) is 45.9 Å².